The molecule has 1 saturated heterocycles. The van der Waals surface area contributed by atoms with E-state index in [2.05, 4.69) is 56.7 Å². The highest BCUT2D eigenvalue weighted by atomic mass is 127. The zero-order chi connectivity index (χ0) is 20.5. The van der Waals surface area contributed by atoms with Crippen LogP contribution in [0.3, 0.4) is 0 Å². The Kier molecular flexibility index (Phi) is 10.9. The van der Waals surface area contributed by atoms with Crippen LogP contribution in [0, 0.1) is 0 Å². The van der Waals surface area contributed by atoms with Crippen LogP contribution in [0.5, 0.6) is 0 Å². The Bertz CT molecular complexity index is 779. The summed E-state index contributed by atoms with van der Waals surface area (Å²) in [6.45, 7) is 7.18. The summed E-state index contributed by atoms with van der Waals surface area (Å²) in [6, 6.07) is 16.7. The molecule has 1 fully saturated rings. The fourth-order valence-electron chi connectivity index (χ4n) is 3.47. The molecule has 0 aliphatic carbocycles. The Labute approximate surface area is 202 Å². The van der Waals surface area contributed by atoms with E-state index in [4.69, 9.17) is 11.6 Å². The van der Waals surface area contributed by atoms with Crippen molar-refractivity contribution >= 4 is 41.5 Å². The average Bonchev–Trinajstić information content (AvgIpc) is 2.94. The molecule has 7 heteroatoms. The normalized spacial score (nSPS) is 15.9. The fourth-order valence-corrected chi connectivity index (χ4v) is 3.60. The summed E-state index contributed by atoms with van der Waals surface area (Å²) in [7, 11) is 4.00. The highest BCUT2D eigenvalue weighted by Crippen LogP contribution is 2.11. The van der Waals surface area contributed by atoms with E-state index < -0.39 is 0 Å². The van der Waals surface area contributed by atoms with Gasteiger partial charge in [0.15, 0.2) is 5.96 Å². The Hall–Kier alpha value is -1.35. The number of nitrogens with zero attached hydrogens (tertiary/aromatic N) is 3. The van der Waals surface area contributed by atoms with Crippen LogP contribution in [0.15, 0.2) is 53.5 Å². The van der Waals surface area contributed by atoms with Crippen LogP contribution < -0.4 is 10.6 Å². The first kappa shape index (κ1) is 24.9. The van der Waals surface area contributed by atoms with E-state index in [1.54, 1.807) is 7.05 Å². The number of guanidine groups is 1. The third-order valence-electron chi connectivity index (χ3n) is 5.30. The van der Waals surface area contributed by atoms with Gasteiger partial charge in [0.1, 0.15) is 0 Å². The fraction of sp³-hybridized carbons (Fsp3) is 0.435. The first-order chi connectivity index (χ1) is 14.1. The summed E-state index contributed by atoms with van der Waals surface area (Å²) in [4.78, 5) is 9.28. The highest BCUT2D eigenvalue weighted by Gasteiger charge is 2.12. The van der Waals surface area contributed by atoms with E-state index in [9.17, 15) is 0 Å². The van der Waals surface area contributed by atoms with Crippen molar-refractivity contribution < 1.29 is 0 Å². The zero-order valence-electron chi connectivity index (χ0n) is 17.9. The lowest BCUT2D eigenvalue weighted by Gasteiger charge is -2.20. The minimum Gasteiger partial charge on any atom is -0.352 e. The number of rotatable bonds is 6. The number of hydrogen-bond donors (Lipinski definition) is 2. The van der Waals surface area contributed by atoms with Crippen molar-refractivity contribution in [1.82, 2.24) is 20.4 Å². The molecule has 2 aromatic rings. The van der Waals surface area contributed by atoms with Gasteiger partial charge in [0, 0.05) is 44.8 Å². The van der Waals surface area contributed by atoms with Crippen LogP contribution in [-0.2, 0) is 19.6 Å². The molecule has 0 amide bonds. The van der Waals surface area contributed by atoms with Gasteiger partial charge in [-0.05, 0) is 55.4 Å². The molecule has 1 heterocycles. The molecule has 3 rings (SSSR count). The van der Waals surface area contributed by atoms with Gasteiger partial charge in [0.2, 0.25) is 0 Å². The number of halogens is 2. The monoisotopic (exact) mass is 541 g/mol. The SMILES string of the molecule is CN=C(NCc1ccc(Cl)cc1)NCc1ccc(CN2CCCN(C)CC2)cc1.I. The number of likely N-dealkylation sites (N-methyl/N-ethyl adjacent to an activating group) is 1. The third kappa shape index (κ3) is 8.41. The third-order valence-corrected chi connectivity index (χ3v) is 5.55. The molecular weight excluding hydrogens is 509 g/mol. The minimum atomic E-state index is 0. The van der Waals surface area contributed by atoms with Gasteiger partial charge in [0.25, 0.3) is 0 Å². The number of hydrogen-bond acceptors (Lipinski definition) is 3. The van der Waals surface area contributed by atoms with Crippen LogP contribution >= 0.6 is 35.6 Å². The number of nitrogens with one attached hydrogen (secondary N) is 2. The number of benzene rings is 2. The topological polar surface area (TPSA) is 42.9 Å². The van der Waals surface area contributed by atoms with Crippen LogP contribution in [0.4, 0.5) is 0 Å². The van der Waals surface area contributed by atoms with E-state index in [0.717, 1.165) is 37.2 Å². The molecule has 1 aliphatic heterocycles. The molecule has 30 heavy (non-hydrogen) atoms. The zero-order valence-corrected chi connectivity index (χ0v) is 21.0. The Morgan fingerprint density at radius 2 is 1.43 bits per heavy atom. The number of aliphatic imine (C=N–C) groups is 1. The first-order valence-corrected chi connectivity index (χ1v) is 10.7. The molecule has 5 nitrogen and oxygen atoms in total. The summed E-state index contributed by atoms with van der Waals surface area (Å²) >= 11 is 5.94. The van der Waals surface area contributed by atoms with Gasteiger partial charge in [-0.1, -0.05) is 48.0 Å². The van der Waals surface area contributed by atoms with E-state index in [1.807, 2.05) is 24.3 Å². The maximum Gasteiger partial charge on any atom is 0.191 e. The van der Waals surface area contributed by atoms with E-state index in [0.29, 0.717) is 6.54 Å². The molecule has 0 aromatic heterocycles. The lowest BCUT2D eigenvalue weighted by atomic mass is 10.1. The van der Waals surface area contributed by atoms with Crippen LogP contribution in [0.2, 0.25) is 5.02 Å². The van der Waals surface area contributed by atoms with Crippen LogP contribution in [0.25, 0.3) is 0 Å². The second kappa shape index (κ2) is 13.1. The van der Waals surface area contributed by atoms with Crippen molar-refractivity contribution in [2.24, 2.45) is 4.99 Å². The molecule has 164 valence electrons. The van der Waals surface area contributed by atoms with Gasteiger partial charge in [-0.2, -0.15) is 0 Å². The molecule has 0 saturated carbocycles. The van der Waals surface area contributed by atoms with Crippen LogP contribution in [0.1, 0.15) is 23.1 Å². The van der Waals surface area contributed by atoms with Gasteiger partial charge in [0.05, 0.1) is 0 Å². The van der Waals surface area contributed by atoms with Gasteiger partial charge >= 0.3 is 0 Å². The molecular formula is C23H33ClIN5. The molecule has 0 bridgehead atoms. The lowest BCUT2D eigenvalue weighted by Crippen LogP contribution is -2.36. The molecule has 0 spiro atoms. The van der Waals surface area contributed by atoms with Crippen LogP contribution in [-0.4, -0.2) is 56.0 Å². The smallest absolute Gasteiger partial charge is 0.191 e. The summed E-state index contributed by atoms with van der Waals surface area (Å²) < 4.78 is 0. The van der Waals surface area contributed by atoms with Crippen molar-refractivity contribution in [3.8, 4) is 0 Å². The Morgan fingerprint density at radius 3 is 2.03 bits per heavy atom. The largest absolute Gasteiger partial charge is 0.352 e. The van der Waals surface area contributed by atoms with E-state index in [1.165, 1.54) is 36.2 Å². The van der Waals surface area contributed by atoms with Gasteiger partial charge in [-0.3, -0.25) is 9.89 Å². The Morgan fingerprint density at radius 1 is 0.867 bits per heavy atom. The summed E-state index contributed by atoms with van der Waals surface area (Å²) in [5.74, 6) is 0.790. The van der Waals surface area contributed by atoms with E-state index in [-0.39, 0.29) is 24.0 Å². The molecule has 0 atom stereocenters. The van der Waals surface area contributed by atoms with Crippen molar-refractivity contribution in [1.29, 1.82) is 0 Å². The van der Waals surface area contributed by atoms with Crippen molar-refractivity contribution in [3.63, 3.8) is 0 Å². The summed E-state index contributed by atoms with van der Waals surface area (Å²) in [5, 5.41) is 7.47. The lowest BCUT2D eigenvalue weighted by molar-refractivity contribution is 0.269. The molecule has 0 radical (unpaired) electrons. The molecule has 2 N–H and O–H groups in total. The summed E-state index contributed by atoms with van der Waals surface area (Å²) in [5.41, 5.74) is 3.80. The van der Waals surface area contributed by atoms with Gasteiger partial charge in [-0.15, -0.1) is 24.0 Å². The van der Waals surface area contributed by atoms with Crippen molar-refractivity contribution in [2.45, 2.75) is 26.1 Å². The maximum absolute atomic E-state index is 5.94. The molecule has 1 aliphatic rings. The molecule has 0 unspecified atom stereocenters. The maximum atomic E-state index is 5.94. The minimum absolute atomic E-state index is 0. The van der Waals surface area contributed by atoms with Gasteiger partial charge in [-0.25, -0.2) is 0 Å². The predicted octanol–water partition coefficient (Wildman–Crippen LogP) is 3.96. The van der Waals surface area contributed by atoms with Gasteiger partial charge < -0.3 is 15.5 Å². The standard InChI is InChI=1S/C23H32ClN5.HI/c1-25-23(27-17-20-8-10-22(24)11-9-20)26-16-19-4-6-21(7-5-19)18-29-13-3-12-28(2)14-15-29;/h4-11H,3,12-18H2,1-2H3,(H2,25,26,27);1H. The van der Waals surface area contributed by atoms with Crippen molar-refractivity contribution in [2.75, 3.05) is 40.3 Å². The summed E-state index contributed by atoms with van der Waals surface area (Å²) in [6.07, 6.45) is 1.25. The second-order valence-electron chi connectivity index (χ2n) is 7.66. The molecule has 2 aromatic carbocycles. The second-order valence-corrected chi connectivity index (χ2v) is 8.09. The average molecular weight is 542 g/mol. The Balaban J connectivity index is 0.00000320. The predicted molar refractivity (Wildman–Crippen MR) is 138 cm³/mol. The quantitative estimate of drug-likeness (QED) is 0.330. The van der Waals surface area contributed by atoms with E-state index >= 15 is 0 Å². The highest BCUT2D eigenvalue weighted by molar-refractivity contribution is 14.0. The first-order valence-electron chi connectivity index (χ1n) is 10.3. The van der Waals surface area contributed by atoms with Crippen molar-refractivity contribution in [3.05, 3.63) is 70.2 Å².